The Morgan fingerprint density at radius 1 is 1.65 bits per heavy atom. The maximum absolute atomic E-state index is 12.7. The number of rotatable bonds is 4. The summed E-state index contributed by atoms with van der Waals surface area (Å²) in [4.78, 5) is 14.9. The number of halogens is 3. The van der Waals surface area contributed by atoms with Crippen LogP contribution in [0.3, 0.4) is 0 Å². The molecule has 2 N–H and O–H groups in total. The molecule has 0 bridgehead atoms. The first kappa shape index (κ1) is 13.6. The molecule has 94 valence electrons. The van der Waals surface area contributed by atoms with Gasteiger partial charge >= 0.3 is 5.97 Å². The maximum Gasteiger partial charge on any atom is 0.311 e. The third kappa shape index (κ3) is 3.26. The highest BCUT2D eigenvalue weighted by Crippen LogP contribution is 2.28. The van der Waals surface area contributed by atoms with Crippen molar-refractivity contribution >= 4 is 23.4 Å². The van der Waals surface area contributed by atoms with E-state index < -0.39 is 12.4 Å². The van der Waals surface area contributed by atoms with E-state index in [4.69, 9.17) is 17.3 Å². The number of nitrogens with zero attached hydrogens (tertiary/aromatic N) is 1. The summed E-state index contributed by atoms with van der Waals surface area (Å²) in [6, 6.07) is 1.06. The standard InChI is InChI=1S/C10H11ClF2N2O2/c1-17-9(16)3-7-6(4-11)5(10(12)13)2-8(14)15-7/h2,10H,3-4H2,1H3,(H2,14,15). The molecule has 0 aliphatic carbocycles. The van der Waals surface area contributed by atoms with E-state index in [9.17, 15) is 13.6 Å². The van der Waals surface area contributed by atoms with Crippen LogP contribution in [-0.4, -0.2) is 18.1 Å². The second kappa shape index (κ2) is 5.77. The Morgan fingerprint density at radius 2 is 2.29 bits per heavy atom. The minimum absolute atomic E-state index is 0.0759. The SMILES string of the molecule is COC(=O)Cc1nc(N)cc(C(F)F)c1CCl. The van der Waals surface area contributed by atoms with Crippen molar-refractivity contribution < 1.29 is 18.3 Å². The molecule has 0 aliphatic heterocycles. The van der Waals surface area contributed by atoms with Crippen molar-refractivity contribution in [2.24, 2.45) is 0 Å². The van der Waals surface area contributed by atoms with Crippen molar-refractivity contribution in [2.45, 2.75) is 18.7 Å². The minimum atomic E-state index is -2.72. The zero-order chi connectivity index (χ0) is 13.0. The van der Waals surface area contributed by atoms with Gasteiger partial charge in [-0.2, -0.15) is 0 Å². The molecule has 1 rings (SSSR count). The first-order valence-electron chi connectivity index (χ1n) is 4.68. The highest BCUT2D eigenvalue weighted by atomic mass is 35.5. The normalized spacial score (nSPS) is 10.6. The van der Waals surface area contributed by atoms with Gasteiger partial charge in [0, 0.05) is 11.4 Å². The largest absolute Gasteiger partial charge is 0.469 e. The summed E-state index contributed by atoms with van der Waals surface area (Å²) in [5.74, 6) is -0.831. The Morgan fingerprint density at radius 3 is 2.76 bits per heavy atom. The van der Waals surface area contributed by atoms with Gasteiger partial charge in [0.25, 0.3) is 6.43 Å². The summed E-state index contributed by atoms with van der Waals surface area (Å²) in [6.07, 6.45) is -2.95. The number of hydrogen-bond acceptors (Lipinski definition) is 4. The molecule has 0 fully saturated rings. The number of carbonyl (C=O) groups is 1. The van der Waals surface area contributed by atoms with Gasteiger partial charge in [-0.3, -0.25) is 4.79 Å². The van der Waals surface area contributed by atoms with Crippen LogP contribution in [0.2, 0.25) is 0 Å². The molecule has 0 spiro atoms. The zero-order valence-corrected chi connectivity index (χ0v) is 9.80. The van der Waals surface area contributed by atoms with Gasteiger partial charge in [0.05, 0.1) is 19.2 Å². The molecule has 0 unspecified atom stereocenters. The van der Waals surface area contributed by atoms with Crippen molar-refractivity contribution in [1.82, 2.24) is 4.98 Å². The predicted molar refractivity (Wildman–Crippen MR) is 58.9 cm³/mol. The number of aromatic nitrogens is 1. The van der Waals surface area contributed by atoms with E-state index in [1.54, 1.807) is 0 Å². The van der Waals surface area contributed by atoms with Gasteiger partial charge in [0.1, 0.15) is 5.82 Å². The minimum Gasteiger partial charge on any atom is -0.469 e. The predicted octanol–water partition coefficient (Wildman–Crippen LogP) is 2.06. The maximum atomic E-state index is 12.7. The molecule has 1 aromatic rings. The average molecular weight is 265 g/mol. The molecule has 1 heterocycles. The summed E-state index contributed by atoms with van der Waals surface area (Å²) in [5.41, 5.74) is 5.35. The lowest BCUT2D eigenvalue weighted by Crippen LogP contribution is -2.12. The number of alkyl halides is 3. The number of pyridine rings is 1. The summed E-state index contributed by atoms with van der Waals surface area (Å²) < 4.78 is 29.9. The lowest BCUT2D eigenvalue weighted by molar-refractivity contribution is -0.139. The molecular weight excluding hydrogens is 254 g/mol. The number of nitrogen functional groups attached to an aromatic ring is 1. The second-order valence-corrected chi connectivity index (χ2v) is 3.52. The van der Waals surface area contributed by atoms with E-state index in [1.807, 2.05) is 0 Å². The molecule has 0 amide bonds. The fourth-order valence-electron chi connectivity index (χ4n) is 1.37. The topological polar surface area (TPSA) is 65.2 Å². The van der Waals surface area contributed by atoms with Crippen LogP contribution in [0.4, 0.5) is 14.6 Å². The molecule has 0 saturated heterocycles. The summed E-state index contributed by atoms with van der Waals surface area (Å²) in [5, 5.41) is 0. The molecule has 0 aliphatic rings. The Balaban J connectivity index is 3.23. The first-order chi connectivity index (χ1) is 7.99. The van der Waals surface area contributed by atoms with Gasteiger partial charge in [0.2, 0.25) is 0 Å². The van der Waals surface area contributed by atoms with E-state index in [0.29, 0.717) is 0 Å². The number of anilines is 1. The van der Waals surface area contributed by atoms with Crippen LogP contribution >= 0.6 is 11.6 Å². The number of hydrogen-bond donors (Lipinski definition) is 1. The fraction of sp³-hybridized carbons (Fsp3) is 0.400. The van der Waals surface area contributed by atoms with Crippen molar-refractivity contribution in [3.8, 4) is 0 Å². The number of methoxy groups -OCH3 is 1. The van der Waals surface area contributed by atoms with Crippen molar-refractivity contribution in [2.75, 3.05) is 12.8 Å². The quantitative estimate of drug-likeness (QED) is 0.668. The van der Waals surface area contributed by atoms with Crippen LogP contribution in [0, 0.1) is 0 Å². The average Bonchev–Trinajstić information content (AvgIpc) is 2.28. The van der Waals surface area contributed by atoms with Gasteiger partial charge in [-0.15, -0.1) is 11.6 Å². The number of nitrogens with two attached hydrogens (primary N) is 1. The van der Waals surface area contributed by atoms with Gasteiger partial charge in [0.15, 0.2) is 0 Å². The van der Waals surface area contributed by atoms with Gasteiger partial charge < -0.3 is 10.5 Å². The lowest BCUT2D eigenvalue weighted by atomic mass is 10.1. The number of esters is 1. The van der Waals surface area contributed by atoms with Crippen LogP contribution in [-0.2, 0) is 21.8 Å². The van der Waals surface area contributed by atoms with Crippen LogP contribution in [0.25, 0.3) is 0 Å². The van der Waals surface area contributed by atoms with E-state index in [0.717, 1.165) is 6.07 Å². The van der Waals surface area contributed by atoms with E-state index in [-0.39, 0.29) is 34.9 Å². The zero-order valence-electron chi connectivity index (χ0n) is 9.04. The van der Waals surface area contributed by atoms with Crippen LogP contribution < -0.4 is 5.73 Å². The van der Waals surface area contributed by atoms with Crippen molar-refractivity contribution in [1.29, 1.82) is 0 Å². The molecule has 4 nitrogen and oxygen atoms in total. The van der Waals surface area contributed by atoms with Crippen LogP contribution in [0.1, 0.15) is 23.2 Å². The van der Waals surface area contributed by atoms with Gasteiger partial charge in [-0.25, -0.2) is 13.8 Å². The summed E-state index contributed by atoms with van der Waals surface area (Å²) in [6.45, 7) is 0. The van der Waals surface area contributed by atoms with Gasteiger partial charge in [-0.1, -0.05) is 0 Å². The van der Waals surface area contributed by atoms with E-state index >= 15 is 0 Å². The molecule has 1 aromatic heterocycles. The molecule has 0 saturated carbocycles. The molecular formula is C10H11ClF2N2O2. The molecule has 17 heavy (non-hydrogen) atoms. The Labute approximate surface area is 102 Å². The van der Waals surface area contributed by atoms with E-state index in [2.05, 4.69) is 9.72 Å². The molecule has 0 atom stereocenters. The Kier molecular flexibility index (Phi) is 4.62. The fourth-order valence-corrected chi connectivity index (χ4v) is 1.68. The van der Waals surface area contributed by atoms with Gasteiger partial charge in [-0.05, 0) is 11.6 Å². The van der Waals surface area contributed by atoms with Crippen LogP contribution in [0.15, 0.2) is 6.07 Å². The third-order valence-electron chi connectivity index (χ3n) is 2.17. The van der Waals surface area contributed by atoms with E-state index in [1.165, 1.54) is 7.11 Å². The monoisotopic (exact) mass is 264 g/mol. The highest BCUT2D eigenvalue weighted by Gasteiger charge is 2.19. The Hall–Kier alpha value is -1.43. The lowest BCUT2D eigenvalue weighted by Gasteiger charge is -2.12. The Bertz CT molecular complexity index is 427. The van der Waals surface area contributed by atoms with Crippen molar-refractivity contribution in [3.05, 3.63) is 22.9 Å². The second-order valence-electron chi connectivity index (χ2n) is 3.25. The number of carbonyl (C=O) groups excluding carboxylic acids is 1. The summed E-state index contributed by atoms with van der Waals surface area (Å²) >= 11 is 5.59. The number of ether oxygens (including phenoxy) is 1. The molecule has 0 radical (unpaired) electrons. The first-order valence-corrected chi connectivity index (χ1v) is 5.22. The van der Waals surface area contributed by atoms with Crippen molar-refractivity contribution in [3.63, 3.8) is 0 Å². The molecule has 0 aromatic carbocycles. The smallest absolute Gasteiger partial charge is 0.311 e. The third-order valence-corrected chi connectivity index (χ3v) is 2.44. The highest BCUT2D eigenvalue weighted by molar-refractivity contribution is 6.17. The molecule has 7 heteroatoms. The van der Waals surface area contributed by atoms with Crippen LogP contribution in [0.5, 0.6) is 0 Å². The summed E-state index contributed by atoms with van der Waals surface area (Å²) in [7, 11) is 1.20.